The summed E-state index contributed by atoms with van der Waals surface area (Å²) in [6, 6.07) is 0. The fourth-order valence-electron chi connectivity index (χ4n) is 0.745. The van der Waals surface area contributed by atoms with Crippen molar-refractivity contribution in [3.63, 3.8) is 0 Å². The summed E-state index contributed by atoms with van der Waals surface area (Å²) >= 11 is 0. The predicted molar refractivity (Wildman–Crippen MR) is 53.5 cm³/mol. The first kappa shape index (κ1) is 13.1. The molecule has 0 aliphatic carbocycles. The van der Waals surface area contributed by atoms with Crippen molar-refractivity contribution in [3.05, 3.63) is 12.7 Å². The van der Waals surface area contributed by atoms with Crippen molar-refractivity contribution in [2.75, 3.05) is 6.54 Å². The molecule has 0 bridgehead atoms. The van der Waals surface area contributed by atoms with Gasteiger partial charge in [0.05, 0.1) is 0 Å². The molecule has 82 valence electrons. The minimum atomic E-state index is -4.17. The number of rotatable bonds is 5. The summed E-state index contributed by atoms with van der Waals surface area (Å²) in [6.07, 6.45) is 1.25. The van der Waals surface area contributed by atoms with E-state index in [1.807, 2.05) is 0 Å². The highest BCUT2D eigenvalue weighted by atomic mass is 32.2. The Kier molecular flexibility index (Phi) is 4.28. The van der Waals surface area contributed by atoms with Crippen molar-refractivity contribution >= 4 is 16.0 Å². The Morgan fingerprint density at radius 1 is 1.64 bits per heavy atom. The SMILES string of the molecule is C=CC(=O)NCC(C)(CC)S(=O)(=O)O. The lowest BCUT2D eigenvalue weighted by Crippen LogP contribution is -2.45. The number of carbonyl (C=O) groups excluding carboxylic acids is 1. The Labute approximate surface area is 83.9 Å². The van der Waals surface area contributed by atoms with Gasteiger partial charge in [-0.3, -0.25) is 9.35 Å². The average Bonchev–Trinajstić information content (AvgIpc) is 2.11. The van der Waals surface area contributed by atoms with Crippen LogP contribution >= 0.6 is 0 Å². The monoisotopic (exact) mass is 221 g/mol. The van der Waals surface area contributed by atoms with Gasteiger partial charge in [-0.2, -0.15) is 8.42 Å². The van der Waals surface area contributed by atoms with Crippen LogP contribution in [0.1, 0.15) is 20.3 Å². The number of nitrogens with one attached hydrogen (secondary N) is 1. The van der Waals surface area contributed by atoms with Crippen molar-refractivity contribution in [3.8, 4) is 0 Å². The maximum absolute atomic E-state index is 11.0. The second-order valence-corrected chi connectivity index (χ2v) is 5.14. The second kappa shape index (κ2) is 4.56. The number of carbonyl (C=O) groups is 1. The number of hydrogen-bond donors (Lipinski definition) is 2. The van der Waals surface area contributed by atoms with Gasteiger partial charge >= 0.3 is 0 Å². The van der Waals surface area contributed by atoms with E-state index in [1.165, 1.54) is 6.92 Å². The molecule has 1 unspecified atom stereocenters. The van der Waals surface area contributed by atoms with E-state index < -0.39 is 20.8 Å². The summed E-state index contributed by atoms with van der Waals surface area (Å²) < 4.78 is 29.5. The molecule has 0 aliphatic rings. The molecule has 0 saturated heterocycles. The van der Waals surface area contributed by atoms with Gasteiger partial charge in [0.15, 0.2) is 0 Å². The first-order valence-corrected chi connectivity index (χ1v) is 5.58. The van der Waals surface area contributed by atoms with E-state index in [0.717, 1.165) is 6.08 Å². The second-order valence-electron chi connectivity index (χ2n) is 3.20. The normalized spacial score (nSPS) is 15.6. The summed E-state index contributed by atoms with van der Waals surface area (Å²) in [4.78, 5) is 10.8. The fourth-order valence-corrected chi connectivity index (χ4v) is 1.36. The molecule has 6 heteroatoms. The Balaban J connectivity index is 4.59. The van der Waals surface area contributed by atoms with Gasteiger partial charge in [0.2, 0.25) is 5.91 Å². The van der Waals surface area contributed by atoms with Gasteiger partial charge in [0, 0.05) is 6.54 Å². The molecule has 0 rings (SSSR count). The van der Waals surface area contributed by atoms with Crippen LogP contribution in [-0.2, 0) is 14.9 Å². The maximum Gasteiger partial charge on any atom is 0.272 e. The molecular weight excluding hydrogens is 206 g/mol. The van der Waals surface area contributed by atoms with E-state index in [1.54, 1.807) is 6.92 Å². The van der Waals surface area contributed by atoms with Crippen LogP contribution in [0.5, 0.6) is 0 Å². The molecule has 0 aromatic heterocycles. The summed E-state index contributed by atoms with van der Waals surface area (Å²) in [5.41, 5.74) is 0. The predicted octanol–water partition coefficient (Wildman–Crippen LogP) is 0.345. The Hall–Kier alpha value is -0.880. The summed E-state index contributed by atoms with van der Waals surface area (Å²) in [5, 5.41) is 2.33. The molecule has 0 aliphatic heterocycles. The molecule has 5 nitrogen and oxygen atoms in total. The molecule has 0 spiro atoms. The quantitative estimate of drug-likeness (QED) is 0.518. The summed E-state index contributed by atoms with van der Waals surface area (Å²) in [6.45, 7) is 6.08. The standard InChI is InChI=1S/C8H15NO4S/c1-4-7(10)9-6-8(3,5-2)14(11,12)13/h4H,1,5-6H2,2-3H3,(H,9,10)(H,11,12,13). The first-order chi connectivity index (χ1) is 6.27. The van der Waals surface area contributed by atoms with Crippen LogP contribution in [0.25, 0.3) is 0 Å². The van der Waals surface area contributed by atoms with Crippen molar-refractivity contribution in [1.29, 1.82) is 0 Å². The van der Waals surface area contributed by atoms with Gasteiger partial charge in [-0.15, -0.1) is 0 Å². The molecule has 0 heterocycles. The van der Waals surface area contributed by atoms with Crippen LogP contribution in [0.2, 0.25) is 0 Å². The average molecular weight is 221 g/mol. The van der Waals surface area contributed by atoms with Crippen LogP contribution in [-0.4, -0.2) is 30.2 Å². The van der Waals surface area contributed by atoms with Gasteiger partial charge in [0.25, 0.3) is 10.1 Å². The highest BCUT2D eigenvalue weighted by Crippen LogP contribution is 2.18. The molecule has 0 aromatic carbocycles. The van der Waals surface area contributed by atoms with Crippen LogP contribution < -0.4 is 5.32 Å². The zero-order valence-electron chi connectivity index (χ0n) is 8.28. The van der Waals surface area contributed by atoms with E-state index in [0.29, 0.717) is 0 Å². The zero-order chi connectivity index (χ0) is 11.4. The van der Waals surface area contributed by atoms with Gasteiger partial charge in [-0.25, -0.2) is 0 Å². The van der Waals surface area contributed by atoms with E-state index in [4.69, 9.17) is 4.55 Å². The lowest BCUT2D eigenvalue weighted by Gasteiger charge is -2.24. The Bertz CT molecular complexity index is 322. The third kappa shape index (κ3) is 3.12. The smallest absolute Gasteiger partial charge is 0.272 e. The van der Waals surface area contributed by atoms with E-state index >= 15 is 0 Å². The molecule has 0 fully saturated rings. The summed E-state index contributed by atoms with van der Waals surface area (Å²) in [7, 11) is -4.17. The Morgan fingerprint density at radius 2 is 2.14 bits per heavy atom. The molecule has 2 N–H and O–H groups in total. The molecule has 0 radical (unpaired) electrons. The molecule has 0 saturated carbocycles. The van der Waals surface area contributed by atoms with Crippen molar-refractivity contribution < 1.29 is 17.8 Å². The maximum atomic E-state index is 11.0. The highest BCUT2D eigenvalue weighted by Gasteiger charge is 2.36. The zero-order valence-corrected chi connectivity index (χ0v) is 9.10. The lowest BCUT2D eigenvalue weighted by molar-refractivity contribution is -0.116. The van der Waals surface area contributed by atoms with Crippen molar-refractivity contribution in [1.82, 2.24) is 5.32 Å². The molecular formula is C8H15NO4S. The van der Waals surface area contributed by atoms with Crippen LogP contribution in [0.4, 0.5) is 0 Å². The Morgan fingerprint density at radius 3 is 2.43 bits per heavy atom. The van der Waals surface area contributed by atoms with Crippen molar-refractivity contribution in [2.45, 2.75) is 25.0 Å². The topological polar surface area (TPSA) is 83.5 Å². The van der Waals surface area contributed by atoms with E-state index in [-0.39, 0.29) is 13.0 Å². The third-order valence-electron chi connectivity index (χ3n) is 2.19. The molecule has 0 aromatic rings. The van der Waals surface area contributed by atoms with Crippen molar-refractivity contribution in [2.24, 2.45) is 0 Å². The third-order valence-corrected chi connectivity index (χ3v) is 3.87. The van der Waals surface area contributed by atoms with Crippen LogP contribution in [0.3, 0.4) is 0 Å². The van der Waals surface area contributed by atoms with Gasteiger partial charge in [0.1, 0.15) is 4.75 Å². The van der Waals surface area contributed by atoms with E-state index in [9.17, 15) is 13.2 Å². The highest BCUT2D eigenvalue weighted by molar-refractivity contribution is 7.87. The summed E-state index contributed by atoms with van der Waals surface area (Å²) in [5.74, 6) is -0.465. The fraction of sp³-hybridized carbons (Fsp3) is 0.625. The largest absolute Gasteiger partial charge is 0.351 e. The van der Waals surface area contributed by atoms with Gasteiger partial charge < -0.3 is 5.32 Å². The molecule has 14 heavy (non-hydrogen) atoms. The van der Waals surface area contributed by atoms with Gasteiger partial charge in [-0.1, -0.05) is 13.5 Å². The van der Waals surface area contributed by atoms with Crippen LogP contribution in [0, 0.1) is 0 Å². The number of amides is 1. The first-order valence-electron chi connectivity index (χ1n) is 4.14. The van der Waals surface area contributed by atoms with E-state index in [2.05, 4.69) is 11.9 Å². The number of hydrogen-bond acceptors (Lipinski definition) is 3. The lowest BCUT2D eigenvalue weighted by atomic mass is 10.1. The molecule has 1 atom stereocenters. The van der Waals surface area contributed by atoms with Crippen LogP contribution in [0.15, 0.2) is 12.7 Å². The van der Waals surface area contributed by atoms with Gasteiger partial charge in [-0.05, 0) is 19.4 Å². The minimum absolute atomic E-state index is 0.132. The molecule has 1 amide bonds. The minimum Gasteiger partial charge on any atom is -0.351 e.